The Morgan fingerprint density at radius 2 is 1.90 bits per heavy atom. The highest BCUT2D eigenvalue weighted by molar-refractivity contribution is 7.92. The molecule has 0 spiro atoms. The molecule has 7 heteroatoms. The number of anilines is 1. The topological polar surface area (TPSA) is 69.7 Å². The van der Waals surface area contributed by atoms with Gasteiger partial charge in [-0.15, -0.1) is 0 Å². The van der Waals surface area contributed by atoms with E-state index in [1.807, 2.05) is 13.8 Å². The van der Waals surface area contributed by atoms with Gasteiger partial charge in [-0.05, 0) is 44.4 Å². The van der Waals surface area contributed by atoms with E-state index < -0.39 is 15.6 Å². The maximum absolute atomic E-state index is 12.1. The first-order valence-electron chi connectivity index (χ1n) is 10.8. The molecular weight excluding hydrogens is 386 g/mol. The largest absolute Gasteiger partial charge is 0.369 e. The van der Waals surface area contributed by atoms with E-state index in [-0.39, 0.29) is 17.7 Å². The number of unbranched alkanes of at least 4 members (excludes halogenated alkanes) is 2. The summed E-state index contributed by atoms with van der Waals surface area (Å²) in [7, 11) is -3.30. The summed E-state index contributed by atoms with van der Waals surface area (Å²) in [6.45, 7) is 11.0. The number of carbonyl (C=O) groups excluding carboxylic acids is 1. The summed E-state index contributed by atoms with van der Waals surface area (Å²) in [5.41, 5.74) is 2.56. The van der Waals surface area contributed by atoms with Gasteiger partial charge >= 0.3 is 0 Å². The average molecular weight is 424 g/mol. The zero-order valence-corrected chi connectivity index (χ0v) is 19.0. The summed E-state index contributed by atoms with van der Waals surface area (Å²) in [6.07, 6.45) is 3.31. The van der Waals surface area contributed by atoms with Crippen molar-refractivity contribution in [2.75, 3.05) is 49.1 Å². The highest BCUT2D eigenvalue weighted by Crippen LogP contribution is 2.18. The molecule has 0 saturated carbocycles. The molecule has 1 N–H and O–H groups in total. The van der Waals surface area contributed by atoms with Crippen LogP contribution in [-0.2, 0) is 14.6 Å². The van der Waals surface area contributed by atoms with Crippen LogP contribution in [0.15, 0.2) is 24.3 Å². The molecular formula is C22H37N3O3S. The lowest BCUT2D eigenvalue weighted by Crippen LogP contribution is -2.47. The van der Waals surface area contributed by atoms with Crippen molar-refractivity contribution in [2.24, 2.45) is 0 Å². The molecule has 1 unspecified atom stereocenters. The van der Waals surface area contributed by atoms with Crippen molar-refractivity contribution in [3.05, 3.63) is 29.8 Å². The molecule has 1 fully saturated rings. The quantitative estimate of drug-likeness (QED) is 0.554. The molecule has 6 nitrogen and oxygen atoms in total. The van der Waals surface area contributed by atoms with E-state index in [1.54, 1.807) is 0 Å². The molecule has 1 amide bonds. The molecule has 0 aromatic heterocycles. The SMILES string of the molecule is CCCCCS(=O)(=O)CC(=O)NC(C)CCN1CCN(c2cccc(C)c2)CC1. The highest BCUT2D eigenvalue weighted by Gasteiger charge is 2.20. The van der Waals surface area contributed by atoms with Crippen LogP contribution in [0, 0.1) is 6.92 Å². The Labute approximate surface area is 176 Å². The lowest BCUT2D eigenvalue weighted by Gasteiger charge is -2.36. The van der Waals surface area contributed by atoms with Gasteiger partial charge in [-0.2, -0.15) is 0 Å². The molecule has 1 aromatic carbocycles. The van der Waals surface area contributed by atoms with Gasteiger partial charge in [0.25, 0.3) is 0 Å². The van der Waals surface area contributed by atoms with Crippen LogP contribution in [-0.4, -0.2) is 69.5 Å². The Kier molecular flexibility index (Phi) is 9.43. The fraction of sp³-hybridized carbons (Fsp3) is 0.682. The Hall–Kier alpha value is -1.60. The molecule has 1 heterocycles. The second-order valence-electron chi connectivity index (χ2n) is 8.22. The maximum atomic E-state index is 12.1. The van der Waals surface area contributed by atoms with Gasteiger partial charge in [0.05, 0.1) is 5.75 Å². The molecule has 164 valence electrons. The minimum absolute atomic E-state index is 0.0249. The fourth-order valence-electron chi connectivity index (χ4n) is 3.66. The Bertz CT molecular complexity index is 743. The zero-order valence-electron chi connectivity index (χ0n) is 18.2. The van der Waals surface area contributed by atoms with Gasteiger partial charge < -0.3 is 10.2 Å². The normalized spacial score (nSPS) is 16.6. The third-order valence-corrected chi connectivity index (χ3v) is 7.05. The van der Waals surface area contributed by atoms with Crippen molar-refractivity contribution in [3.8, 4) is 0 Å². The smallest absolute Gasteiger partial charge is 0.235 e. The van der Waals surface area contributed by atoms with Crippen LogP contribution in [0.25, 0.3) is 0 Å². The van der Waals surface area contributed by atoms with Gasteiger partial charge in [0.1, 0.15) is 5.75 Å². The molecule has 1 saturated heterocycles. The summed E-state index contributed by atoms with van der Waals surface area (Å²) in [5, 5.41) is 2.85. The summed E-state index contributed by atoms with van der Waals surface area (Å²) in [5.74, 6) is -0.664. The Morgan fingerprint density at radius 3 is 2.55 bits per heavy atom. The lowest BCUT2D eigenvalue weighted by atomic mass is 10.1. The number of rotatable bonds is 11. The zero-order chi connectivity index (χ0) is 21.3. The van der Waals surface area contributed by atoms with Crippen molar-refractivity contribution in [1.29, 1.82) is 0 Å². The Morgan fingerprint density at radius 1 is 1.17 bits per heavy atom. The van der Waals surface area contributed by atoms with Crippen LogP contribution in [0.2, 0.25) is 0 Å². The van der Waals surface area contributed by atoms with E-state index in [1.165, 1.54) is 11.3 Å². The van der Waals surface area contributed by atoms with Crippen molar-refractivity contribution in [1.82, 2.24) is 10.2 Å². The summed E-state index contributed by atoms with van der Waals surface area (Å²) >= 11 is 0. The predicted octanol–water partition coefficient (Wildman–Crippen LogP) is 2.62. The van der Waals surface area contributed by atoms with Crippen LogP contribution < -0.4 is 10.2 Å². The first-order valence-corrected chi connectivity index (χ1v) is 12.6. The average Bonchev–Trinajstić information content (AvgIpc) is 2.66. The minimum atomic E-state index is -3.30. The molecule has 0 aliphatic carbocycles. The highest BCUT2D eigenvalue weighted by atomic mass is 32.2. The van der Waals surface area contributed by atoms with Crippen LogP contribution in [0.5, 0.6) is 0 Å². The van der Waals surface area contributed by atoms with E-state index in [0.29, 0.717) is 6.42 Å². The van der Waals surface area contributed by atoms with Crippen LogP contribution in [0.3, 0.4) is 0 Å². The van der Waals surface area contributed by atoms with Crippen LogP contribution in [0.1, 0.15) is 45.1 Å². The van der Waals surface area contributed by atoms with Crippen molar-refractivity contribution in [3.63, 3.8) is 0 Å². The van der Waals surface area contributed by atoms with Gasteiger partial charge in [0.15, 0.2) is 9.84 Å². The number of aryl methyl sites for hydroxylation is 1. The first-order chi connectivity index (χ1) is 13.8. The molecule has 1 aliphatic rings. The minimum Gasteiger partial charge on any atom is -0.369 e. The Balaban J connectivity index is 1.66. The fourth-order valence-corrected chi connectivity index (χ4v) is 4.93. The predicted molar refractivity (Wildman–Crippen MR) is 120 cm³/mol. The maximum Gasteiger partial charge on any atom is 0.235 e. The van der Waals surface area contributed by atoms with Crippen LogP contribution in [0.4, 0.5) is 5.69 Å². The molecule has 0 radical (unpaired) electrons. The molecule has 1 aromatic rings. The number of nitrogens with one attached hydrogen (secondary N) is 1. The molecule has 29 heavy (non-hydrogen) atoms. The van der Waals surface area contributed by atoms with Crippen molar-refractivity contribution in [2.45, 2.75) is 52.5 Å². The van der Waals surface area contributed by atoms with Crippen LogP contribution >= 0.6 is 0 Å². The number of amides is 1. The first kappa shape index (κ1) is 23.7. The monoisotopic (exact) mass is 423 g/mol. The second kappa shape index (κ2) is 11.6. The molecule has 1 atom stereocenters. The number of hydrogen-bond donors (Lipinski definition) is 1. The van der Waals surface area contributed by atoms with Gasteiger partial charge in [-0.25, -0.2) is 8.42 Å². The molecule has 2 rings (SSSR count). The number of carbonyl (C=O) groups is 1. The number of piperazine rings is 1. The molecule has 1 aliphatic heterocycles. The van der Waals surface area contributed by atoms with Crippen molar-refractivity contribution >= 4 is 21.4 Å². The van der Waals surface area contributed by atoms with E-state index in [0.717, 1.165) is 52.0 Å². The second-order valence-corrected chi connectivity index (χ2v) is 10.4. The molecule has 0 bridgehead atoms. The van der Waals surface area contributed by atoms with E-state index in [4.69, 9.17) is 0 Å². The standard InChI is InChI=1S/C22H37N3O3S/c1-4-5-6-16-29(27,28)18-22(26)23-20(3)10-11-24-12-14-25(15-13-24)21-9-7-8-19(2)17-21/h7-9,17,20H,4-6,10-16,18H2,1-3H3,(H,23,26). The number of hydrogen-bond acceptors (Lipinski definition) is 5. The third kappa shape index (κ3) is 8.74. The summed E-state index contributed by atoms with van der Waals surface area (Å²) < 4.78 is 24.0. The summed E-state index contributed by atoms with van der Waals surface area (Å²) in [6, 6.07) is 8.58. The third-order valence-electron chi connectivity index (χ3n) is 5.43. The lowest BCUT2D eigenvalue weighted by molar-refractivity contribution is -0.119. The number of nitrogens with zero attached hydrogens (tertiary/aromatic N) is 2. The van der Waals surface area contributed by atoms with Gasteiger partial charge in [0, 0.05) is 44.5 Å². The van der Waals surface area contributed by atoms with Gasteiger partial charge in [0.2, 0.25) is 5.91 Å². The van der Waals surface area contributed by atoms with E-state index in [9.17, 15) is 13.2 Å². The summed E-state index contributed by atoms with van der Waals surface area (Å²) in [4.78, 5) is 16.9. The van der Waals surface area contributed by atoms with Gasteiger partial charge in [-0.1, -0.05) is 31.9 Å². The van der Waals surface area contributed by atoms with E-state index in [2.05, 4.69) is 46.3 Å². The van der Waals surface area contributed by atoms with E-state index >= 15 is 0 Å². The van der Waals surface area contributed by atoms with Crippen molar-refractivity contribution < 1.29 is 13.2 Å². The number of benzene rings is 1. The number of sulfone groups is 1. The van der Waals surface area contributed by atoms with Gasteiger partial charge in [-0.3, -0.25) is 9.69 Å².